The van der Waals surface area contributed by atoms with Gasteiger partial charge in [0.15, 0.2) is 5.76 Å². The summed E-state index contributed by atoms with van der Waals surface area (Å²) in [4.78, 5) is 26.0. The van der Waals surface area contributed by atoms with Crippen LogP contribution < -0.4 is 4.74 Å². The minimum Gasteiger partial charge on any atom is -0.502 e. The maximum atomic E-state index is 13.7. The summed E-state index contributed by atoms with van der Waals surface area (Å²) in [5, 5.41) is 10.9. The Morgan fingerprint density at radius 1 is 1.00 bits per heavy atom. The van der Waals surface area contributed by atoms with Gasteiger partial charge < -0.3 is 19.5 Å². The fourth-order valence-electron chi connectivity index (χ4n) is 4.13. The van der Waals surface area contributed by atoms with Gasteiger partial charge in [0.1, 0.15) is 10.7 Å². The van der Waals surface area contributed by atoms with Crippen LogP contribution in [0.15, 0.2) is 88.4 Å². The van der Waals surface area contributed by atoms with Gasteiger partial charge in [0, 0.05) is 6.54 Å². The third kappa shape index (κ3) is 4.57. The van der Waals surface area contributed by atoms with Gasteiger partial charge in [-0.15, -0.1) is 0 Å². The largest absolute Gasteiger partial charge is 0.502 e. The highest BCUT2D eigenvalue weighted by molar-refractivity contribution is 7.95. The second-order valence-electron chi connectivity index (χ2n) is 8.33. The smallest absolute Gasteiger partial charge is 0.337 e. The lowest BCUT2D eigenvalue weighted by atomic mass is 10.0. The number of nitrogens with zero attached hydrogens (tertiary/aromatic N) is 1. The topological polar surface area (TPSA) is 110 Å². The van der Waals surface area contributed by atoms with Gasteiger partial charge in [-0.2, -0.15) is 0 Å². The van der Waals surface area contributed by atoms with Gasteiger partial charge in [-0.1, -0.05) is 42.0 Å². The van der Waals surface area contributed by atoms with E-state index in [0.717, 1.165) is 5.56 Å². The minimum atomic E-state index is -4.25. The number of methoxy groups -OCH3 is 2. The average Bonchev–Trinajstić information content (AvgIpc) is 3.14. The number of carbonyl (C=O) groups is 2. The minimum absolute atomic E-state index is 0.0103. The molecule has 0 aromatic heterocycles. The normalized spacial score (nSPS) is 15.8. The number of aliphatic hydroxyl groups is 1. The van der Waals surface area contributed by atoms with Gasteiger partial charge in [0.25, 0.3) is 5.91 Å². The molecule has 1 aliphatic rings. The molecule has 186 valence electrons. The number of ether oxygens (including phenoxy) is 2. The van der Waals surface area contributed by atoms with Crippen molar-refractivity contribution in [2.24, 2.45) is 0 Å². The van der Waals surface area contributed by atoms with Crippen molar-refractivity contribution in [3.8, 4) is 5.75 Å². The fraction of sp³-hybridized carbons (Fsp3) is 0.185. The summed E-state index contributed by atoms with van der Waals surface area (Å²) in [6, 6.07) is 18.1. The van der Waals surface area contributed by atoms with Crippen LogP contribution in [0.25, 0.3) is 0 Å². The zero-order chi connectivity index (χ0) is 26.0. The predicted octanol–water partition coefficient (Wildman–Crippen LogP) is 4.12. The molecule has 0 fully saturated rings. The quantitative estimate of drug-likeness (QED) is 0.479. The van der Waals surface area contributed by atoms with Crippen molar-refractivity contribution in [2.45, 2.75) is 24.4 Å². The SMILES string of the molecule is COC(=O)c1ccc([C@H]2C(S(=O)(=O)c3ccc(C)cc3)=C(O)C(=O)N2Cc2cccc(OC)c2)cc1. The molecule has 36 heavy (non-hydrogen) atoms. The van der Waals surface area contributed by atoms with Crippen LogP contribution in [0.3, 0.4) is 0 Å². The summed E-state index contributed by atoms with van der Waals surface area (Å²) in [6.45, 7) is 1.84. The van der Waals surface area contributed by atoms with Crippen LogP contribution in [0.2, 0.25) is 0 Å². The van der Waals surface area contributed by atoms with Crippen molar-refractivity contribution in [1.29, 1.82) is 0 Å². The molecule has 3 aromatic rings. The Labute approximate surface area is 209 Å². The molecule has 1 heterocycles. The van der Waals surface area contributed by atoms with Crippen molar-refractivity contribution in [3.63, 3.8) is 0 Å². The number of aryl methyl sites for hydroxylation is 1. The van der Waals surface area contributed by atoms with Crippen molar-refractivity contribution in [3.05, 3.63) is 106 Å². The van der Waals surface area contributed by atoms with Crippen molar-refractivity contribution in [1.82, 2.24) is 4.90 Å². The van der Waals surface area contributed by atoms with Crippen molar-refractivity contribution >= 4 is 21.7 Å². The fourth-order valence-corrected chi connectivity index (χ4v) is 5.78. The van der Waals surface area contributed by atoms with Crippen LogP contribution in [0.1, 0.15) is 33.1 Å². The van der Waals surface area contributed by atoms with E-state index in [-0.39, 0.29) is 17.0 Å². The van der Waals surface area contributed by atoms with E-state index < -0.39 is 38.4 Å². The molecule has 1 amide bonds. The number of benzene rings is 3. The molecule has 1 N–H and O–H groups in total. The Balaban J connectivity index is 1.84. The highest BCUT2D eigenvalue weighted by Crippen LogP contribution is 2.43. The van der Waals surface area contributed by atoms with Crippen molar-refractivity contribution in [2.75, 3.05) is 14.2 Å². The number of hydrogen-bond acceptors (Lipinski definition) is 7. The van der Waals surface area contributed by atoms with Crippen LogP contribution >= 0.6 is 0 Å². The van der Waals surface area contributed by atoms with Gasteiger partial charge in [-0.25, -0.2) is 13.2 Å². The third-order valence-electron chi connectivity index (χ3n) is 6.01. The summed E-state index contributed by atoms with van der Waals surface area (Å²) in [5.74, 6) is -1.63. The molecule has 1 atom stereocenters. The van der Waals surface area contributed by atoms with Gasteiger partial charge >= 0.3 is 5.97 Å². The molecule has 1 aliphatic heterocycles. The number of sulfone groups is 1. The van der Waals surface area contributed by atoms with Gasteiger partial charge in [-0.05, 0) is 54.4 Å². The summed E-state index contributed by atoms with van der Waals surface area (Å²) in [6.07, 6.45) is 0. The van der Waals surface area contributed by atoms with Crippen LogP contribution in [0, 0.1) is 6.92 Å². The Kier molecular flexibility index (Phi) is 6.85. The second-order valence-corrected chi connectivity index (χ2v) is 10.2. The molecule has 4 rings (SSSR count). The predicted molar refractivity (Wildman–Crippen MR) is 132 cm³/mol. The molecule has 0 spiro atoms. The van der Waals surface area contributed by atoms with E-state index in [1.807, 2.05) is 6.92 Å². The lowest BCUT2D eigenvalue weighted by Crippen LogP contribution is -2.30. The van der Waals surface area contributed by atoms with Crippen LogP contribution in [0.4, 0.5) is 0 Å². The monoisotopic (exact) mass is 507 g/mol. The van der Waals surface area contributed by atoms with Crippen LogP contribution in [-0.2, 0) is 25.9 Å². The Bertz CT molecular complexity index is 1440. The van der Waals surface area contributed by atoms with E-state index in [0.29, 0.717) is 16.9 Å². The van der Waals surface area contributed by atoms with E-state index in [9.17, 15) is 23.1 Å². The van der Waals surface area contributed by atoms with Gasteiger partial charge in [0.2, 0.25) is 9.84 Å². The molecule has 0 radical (unpaired) electrons. The summed E-state index contributed by atoms with van der Waals surface area (Å²) in [7, 11) is -1.48. The summed E-state index contributed by atoms with van der Waals surface area (Å²) < 4.78 is 37.4. The second kappa shape index (κ2) is 9.87. The van der Waals surface area contributed by atoms with E-state index in [1.54, 1.807) is 48.5 Å². The molecule has 0 unspecified atom stereocenters. The lowest BCUT2D eigenvalue weighted by molar-refractivity contribution is -0.130. The number of amides is 1. The molecule has 0 aliphatic carbocycles. The summed E-state index contributed by atoms with van der Waals surface area (Å²) in [5.41, 5.74) is 2.22. The standard InChI is InChI=1S/C27H25NO7S/c1-17-7-13-22(14-8-17)36(32,33)25-23(19-9-11-20(12-10-19)27(31)35-3)28(26(30)24(25)29)16-18-5-4-6-21(15-18)34-2/h4-15,23,29H,16H2,1-3H3/t23-/m0/s1. The number of esters is 1. The zero-order valence-corrected chi connectivity index (χ0v) is 20.8. The van der Waals surface area contributed by atoms with Crippen molar-refractivity contribution < 1.29 is 32.6 Å². The first-order chi connectivity index (χ1) is 17.2. The number of carbonyl (C=O) groups excluding carboxylic acids is 2. The number of hydrogen-bond donors (Lipinski definition) is 1. The van der Waals surface area contributed by atoms with E-state index in [4.69, 9.17) is 9.47 Å². The molecule has 0 bridgehead atoms. The van der Waals surface area contributed by atoms with Gasteiger partial charge in [0.05, 0.1) is 30.7 Å². The Morgan fingerprint density at radius 2 is 1.67 bits per heavy atom. The Hall–Kier alpha value is -4.11. The highest BCUT2D eigenvalue weighted by Gasteiger charge is 2.46. The molecule has 0 saturated heterocycles. The van der Waals surface area contributed by atoms with Crippen LogP contribution in [0.5, 0.6) is 5.75 Å². The first-order valence-corrected chi connectivity index (χ1v) is 12.5. The maximum Gasteiger partial charge on any atom is 0.337 e. The first kappa shape index (κ1) is 25.0. The third-order valence-corrected chi connectivity index (χ3v) is 7.90. The van der Waals surface area contributed by atoms with Gasteiger partial charge in [-0.3, -0.25) is 4.79 Å². The van der Waals surface area contributed by atoms with Crippen LogP contribution in [-0.4, -0.2) is 44.5 Å². The number of aliphatic hydroxyl groups excluding tert-OH is 1. The lowest BCUT2D eigenvalue weighted by Gasteiger charge is -2.27. The summed E-state index contributed by atoms with van der Waals surface area (Å²) >= 11 is 0. The molecule has 3 aromatic carbocycles. The molecular formula is C27H25NO7S. The van der Waals surface area contributed by atoms with E-state index >= 15 is 0 Å². The molecular weight excluding hydrogens is 482 g/mol. The van der Waals surface area contributed by atoms with E-state index in [1.165, 1.54) is 43.4 Å². The Morgan fingerprint density at radius 3 is 2.28 bits per heavy atom. The number of rotatable bonds is 7. The molecule has 8 nitrogen and oxygen atoms in total. The average molecular weight is 508 g/mol. The molecule has 9 heteroatoms. The zero-order valence-electron chi connectivity index (χ0n) is 20.0. The molecule has 0 saturated carbocycles. The highest BCUT2D eigenvalue weighted by atomic mass is 32.2. The first-order valence-electron chi connectivity index (χ1n) is 11.0. The van der Waals surface area contributed by atoms with E-state index in [2.05, 4.69) is 0 Å². The maximum absolute atomic E-state index is 13.7.